The molecule has 0 bridgehead atoms. The highest BCUT2D eigenvalue weighted by atomic mass is 79.9. The molecule has 1 atom stereocenters. The number of ether oxygens (including phenoxy) is 1. The van der Waals surface area contributed by atoms with E-state index in [-0.39, 0.29) is 11.7 Å². The van der Waals surface area contributed by atoms with Crippen LogP contribution in [0.25, 0.3) is 10.9 Å². The molecule has 6 heteroatoms. The number of carboxylic acid groups (broad SMARTS) is 1. The van der Waals surface area contributed by atoms with Gasteiger partial charge in [-0.2, -0.15) is 0 Å². The van der Waals surface area contributed by atoms with Crippen LogP contribution < -0.4 is 5.32 Å². The van der Waals surface area contributed by atoms with E-state index in [0.717, 1.165) is 15.4 Å². The van der Waals surface area contributed by atoms with E-state index in [1.165, 1.54) is 0 Å². The molecule has 0 saturated carbocycles. The topological polar surface area (TPSA) is 71.5 Å². The van der Waals surface area contributed by atoms with Crippen molar-refractivity contribution in [1.82, 2.24) is 4.98 Å². The SMILES string of the molecule is CCc1nc2ccc(Br)cc2c(NC[C@H](C)OC)c1C(=O)O. The Hall–Kier alpha value is -1.66. The zero-order valence-corrected chi connectivity index (χ0v) is 14.4. The van der Waals surface area contributed by atoms with Crippen LogP contribution in [0.1, 0.15) is 29.9 Å². The molecule has 22 heavy (non-hydrogen) atoms. The quantitative estimate of drug-likeness (QED) is 0.815. The number of carbonyl (C=O) groups is 1. The van der Waals surface area contributed by atoms with E-state index in [9.17, 15) is 9.90 Å². The van der Waals surface area contributed by atoms with Gasteiger partial charge < -0.3 is 15.2 Å². The molecule has 0 aliphatic heterocycles. The molecule has 0 radical (unpaired) electrons. The molecule has 0 fully saturated rings. The van der Waals surface area contributed by atoms with Gasteiger partial charge in [-0.15, -0.1) is 0 Å². The monoisotopic (exact) mass is 366 g/mol. The van der Waals surface area contributed by atoms with Crippen molar-refractivity contribution in [3.05, 3.63) is 33.9 Å². The largest absolute Gasteiger partial charge is 0.478 e. The lowest BCUT2D eigenvalue weighted by Gasteiger charge is -2.18. The number of pyridine rings is 1. The highest BCUT2D eigenvalue weighted by molar-refractivity contribution is 9.10. The Morgan fingerprint density at radius 2 is 2.23 bits per heavy atom. The van der Waals surface area contributed by atoms with Crippen molar-refractivity contribution in [1.29, 1.82) is 0 Å². The molecule has 1 heterocycles. The Kier molecular flexibility index (Phi) is 5.37. The van der Waals surface area contributed by atoms with Crippen molar-refractivity contribution >= 4 is 38.5 Å². The molecule has 0 aliphatic rings. The van der Waals surface area contributed by atoms with Crippen molar-refractivity contribution in [2.75, 3.05) is 19.0 Å². The second-order valence-corrected chi connectivity index (χ2v) is 5.97. The Morgan fingerprint density at radius 1 is 1.50 bits per heavy atom. The van der Waals surface area contributed by atoms with Crippen LogP contribution in [0.3, 0.4) is 0 Å². The molecule has 1 aromatic carbocycles. The van der Waals surface area contributed by atoms with E-state index in [0.29, 0.717) is 24.3 Å². The van der Waals surface area contributed by atoms with Gasteiger partial charge in [0.05, 0.1) is 23.0 Å². The van der Waals surface area contributed by atoms with Gasteiger partial charge in [-0.05, 0) is 31.5 Å². The number of benzene rings is 1. The zero-order chi connectivity index (χ0) is 16.3. The minimum atomic E-state index is -0.973. The lowest BCUT2D eigenvalue weighted by atomic mass is 10.0. The number of nitrogens with zero attached hydrogens (tertiary/aromatic N) is 1. The Labute approximate surface area is 137 Å². The molecule has 0 amide bonds. The number of aryl methyl sites for hydroxylation is 1. The van der Waals surface area contributed by atoms with Gasteiger partial charge in [0.1, 0.15) is 5.56 Å². The summed E-state index contributed by atoms with van der Waals surface area (Å²) < 4.78 is 6.11. The molecule has 2 rings (SSSR count). The smallest absolute Gasteiger partial charge is 0.339 e. The molecule has 0 saturated heterocycles. The summed E-state index contributed by atoms with van der Waals surface area (Å²) in [6.07, 6.45) is 0.532. The van der Waals surface area contributed by atoms with Gasteiger partial charge in [0, 0.05) is 23.5 Å². The summed E-state index contributed by atoms with van der Waals surface area (Å²) >= 11 is 3.43. The van der Waals surface area contributed by atoms with Crippen molar-refractivity contribution in [3.63, 3.8) is 0 Å². The summed E-state index contributed by atoms with van der Waals surface area (Å²) in [6, 6.07) is 5.67. The molecule has 0 unspecified atom stereocenters. The van der Waals surface area contributed by atoms with Gasteiger partial charge in [0.2, 0.25) is 0 Å². The van der Waals surface area contributed by atoms with Crippen molar-refractivity contribution < 1.29 is 14.6 Å². The van der Waals surface area contributed by atoms with Gasteiger partial charge in [-0.25, -0.2) is 4.79 Å². The summed E-state index contributed by atoms with van der Waals surface area (Å²) in [5, 5.41) is 13.6. The number of aromatic nitrogens is 1. The van der Waals surface area contributed by atoms with Gasteiger partial charge in [0.25, 0.3) is 0 Å². The lowest BCUT2D eigenvalue weighted by molar-refractivity contribution is 0.0696. The first kappa shape index (κ1) is 16.7. The van der Waals surface area contributed by atoms with Crippen LogP contribution in [0.4, 0.5) is 5.69 Å². The Bertz CT molecular complexity index is 703. The van der Waals surface area contributed by atoms with Gasteiger partial charge in [-0.1, -0.05) is 22.9 Å². The molecular formula is C16H19BrN2O3. The van der Waals surface area contributed by atoms with Gasteiger partial charge in [-0.3, -0.25) is 4.98 Å². The number of halogens is 1. The molecular weight excluding hydrogens is 348 g/mol. The number of methoxy groups -OCH3 is 1. The lowest BCUT2D eigenvalue weighted by Crippen LogP contribution is -2.20. The van der Waals surface area contributed by atoms with Crippen LogP contribution in [0, 0.1) is 0 Å². The maximum absolute atomic E-state index is 11.7. The van der Waals surface area contributed by atoms with E-state index >= 15 is 0 Å². The third-order valence-electron chi connectivity index (χ3n) is 3.54. The number of rotatable bonds is 6. The molecule has 0 spiro atoms. The number of fused-ring (bicyclic) bond motifs is 1. The molecule has 2 N–H and O–H groups in total. The average Bonchev–Trinajstić information content (AvgIpc) is 2.50. The Balaban J connectivity index is 2.66. The summed E-state index contributed by atoms with van der Waals surface area (Å²) in [5.41, 5.74) is 2.18. The van der Waals surface area contributed by atoms with Crippen molar-refractivity contribution in [2.24, 2.45) is 0 Å². The number of carboxylic acids is 1. The van der Waals surface area contributed by atoms with Crippen LogP contribution in [0.5, 0.6) is 0 Å². The molecule has 1 aromatic heterocycles. The zero-order valence-electron chi connectivity index (χ0n) is 12.8. The highest BCUT2D eigenvalue weighted by Crippen LogP contribution is 2.31. The Morgan fingerprint density at radius 3 is 2.82 bits per heavy atom. The molecule has 118 valence electrons. The van der Waals surface area contributed by atoms with Gasteiger partial charge >= 0.3 is 5.97 Å². The van der Waals surface area contributed by atoms with Crippen LogP contribution in [-0.2, 0) is 11.2 Å². The van der Waals surface area contributed by atoms with Crippen molar-refractivity contribution in [3.8, 4) is 0 Å². The fourth-order valence-corrected chi connectivity index (χ4v) is 2.65. The first-order valence-corrected chi connectivity index (χ1v) is 7.89. The third kappa shape index (κ3) is 3.39. The average molecular weight is 367 g/mol. The standard InChI is InChI=1S/C16H19BrN2O3/c1-4-12-14(16(20)21)15(18-8-9(2)22-3)11-7-10(17)5-6-13(11)19-12/h5-7,9H,4,8H2,1-3H3,(H,18,19)(H,20,21)/t9-/m0/s1. The fraction of sp³-hybridized carbons (Fsp3) is 0.375. The number of nitrogens with one attached hydrogen (secondary N) is 1. The minimum Gasteiger partial charge on any atom is -0.478 e. The van der Waals surface area contributed by atoms with E-state index in [1.807, 2.05) is 32.0 Å². The normalized spacial score (nSPS) is 12.4. The van der Waals surface area contributed by atoms with E-state index in [1.54, 1.807) is 7.11 Å². The third-order valence-corrected chi connectivity index (χ3v) is 4.03. The molecule has 0 aliphatic carbocycles. The van der Waals surface area contributed by atoms with Crippen LogP contribution in [0.2, 0.25) is 0 Å². The number of hydrogen-bond donors (Lipinski definition) is 2. The van der Waals surface area contributed by atoms with Crippen molar-refractivity contribution in [2.45, 2.75) is 26.4 Å². The predicted octanol–water partition coefficient (Wildman–Crippen LogP) is 3.70. The first-order chi connectivity index (χ1) is 10.5. The number of anilines is 1. The second kappa shape index (κ2) is 7.07. The van der Waals surface area contributed by atoms with Crippen LogP contribution in [0.15, 0.2) is 22.7 Å². The van der Waals surface area contributed by atoms with E-state index in [2.05, 4.69) is 26.2 Å². The second-order valence-electron chi connectivity index (χ2n) is 5.06. The first-order valence-electron chi connectivity index (χ1n) is 7.10. The maximum Gasteiger partial charge on any atom is 0.339 e. The van der Waals surface area contributed by atoms with Crippen LogP contribution in [-0.4, -0.2) is 35.8 Å². The fourth-order valence-electron chi connectivity index (χ4n) is 2.29. The van der Waals surface area contributed by atoms with Crippen LogP contribution >= 0.6 is 15.9 Å². The van der Waals surface area contributed by atoms with E-state index < -0.39 is 5.97 Å². The maximum atomic E-state index is 11.7. The predicted molar refractivity (Wildman–Crippen MR) is 90.7 cm³/mol. The molecule has 5 nitrogen and oxygen atoms in total. The molecule has 2 aromatic rings. The summed E-state index contributed by atoms with van der Waals surface area (Å²) in [7, 11) is 1.63. The summed E-state index contributed by atoms with van der Waals surface area (Å²) in [5.74, 6) is -0.973. The summed E-state index contributed by atoms with van der Waals surface area (Å²) in [4.78, 5) is 16.2. The highest BCUT2D eigenvalue weighted by Gasteiger charge is 2.20. The van der Waals surface area contributed by atoms with E-state index in [4.69, 9.17) is 4.74 Å². The van der Waals surface area contributed by atoms with Gasteiger partial charge in [0.15, 0.2) is 0 Å². The number of aromatic carboxylic acids is 1. The summed E-state index contributed by atoms with van der Waals surface area (Å²) in [6.45, 7) is 4.35. The number of hydrogen-bond acceptors (Lipinski definition) is 4. The minimum absolute atomic E-state index is 0.0258.